The van der Waals surface area contributed by atoms with Crippen molar-refractivity contribution in [3.8, 4) is 0 Å². The van der Waals surface area contributed by atoms with Crippen LogP contribution in [-0.4, -0.2) is 37.4 Å². The highest BCUT2D eigenvalue weighted by molar-refractivity contribution is 14.0. The van der Waals surface area contributed by atoms with Gasteiger partial charge in [0.25, 0.3) is 5.91 Å². The third-order valence-corrected chi connectivity index (χ3v) is 5.29. The molecule has 1 saturated carbocycles. The number of hydrogen-bond donors (Lipinski definition) is 4. The third kappa shape index (κ3) is 8.49. The van der Waals surface area contributed by atoms with Crippen molar-refractivity contribution in [1.29, 1.82) is 0 Å². The number of nitrogens with one attached hydrogen (secondary N) is 3. The quantitative estimate of drug-likeness (QED) is 0.212. The summed E-state index contributed by atoms with van der Waals surface area (Å²) in [4.78, 5) is 27.4. The summed E-state index contributed by atoms with van der Waals surface area (Å²) in [6.45, 7) is 8.76. The van der Waals surface area contributed by atoms with Crippen LogP contribution in [0, 0.1) is 11.3 Å². The molecule has 30 heavy (non-hydrogen) atoms. The zero-order chi connectivity index (χ0) is 21.3. The molecule has 0 aromatic heterocycles. The summed E-state index contributed by atoms with van der Waals surface area (Å²) < 4.78 is 0. The number of benzene rings is 1. The van der Waals surface area contributed by atoms with Gasteiger partial charge in [-0.2, -0.15) is 0 Å². The Hall–Kier alpha value is -1.84. The number of hydrogen-bond acceptors (Lipinski definition) is 3. The van der Waals surface area contributed by atoms with E-state index in [-0.39, 0.29) is 36.4 Å². The average molecular weight is 529 g/mol. The van der Waals surface area contributed by atoms with Gasteiger partial charge < -0.3 is 21.7 Å². The van der Waals surface area contributed by atoms with E-state index in [1.807, 2.05) is 12.1 Å². The van der Waals surface area contributed by atoms with Gasteiger partial charge in [-0.25, -0.2) is 4.99 Å². The SMILES string of the molecule is CCNC(=NCc1ccc(C(=O)NCC(N)=O)cc1)NCC1(CC(C)C)CCC1.I. The van der Waals surface area contributed by atoms with E-state index in [1.54, 1.807) is 12.1 Å². The van der Waals surface area contributed by atoms with Crippen LogP contribution in [0.2, 0.25) is 0 Å². The molecular formula is C22H36IN5O2. The predicted molar refractivity (Wildman–Crippen MR) is 132 cm³/mol. The minimum atomic E-state index is -0.565. The molecule has 0 atom stereocenters. The number of primary amides is 1. The van der Waals surface area contributed by atoms with E-state index in [2.05, 4.69) is 36.7 Å². The Morgan fingerprint density at radius 3 is 2.30 bits per heavy atom. The lowest BCUT2D eigenvalue weighted by molar-refractivity contribution is -0.117. The summed E-state index contributed by atoms with van der Waals surface area (Å²) in [6, 6.07) is 7.21. The van der Waals surface area contributed by atoms with Crippen LogP contribution < -0.4 is 21.7 Å². The molecule has 5 N–H and O–H groups in total. The number of rotatable bonds is 10. The fourth-order valence-electron chi connectivity index (χ4n) is 3.81. The normalized spacial score (nSPS) is 15.0. The molecule has 1 aliphatic rings. The van der Waals surface area contributed by atoms with Crippen molar-refractivity contribution in [2.75, 3.05) is 19.6 Å². The maximum Gasteiger partial charge on any atom is 0.251 e. The van der Waals surface area contributed by atoms with Gasteiger partial charge in [0.15, 0.2) is 5.96 Å². The van der Waals surface area contributed by atoms with E-state index in [0.717, 1.165) is 24.6 Å². The smallest absolute Gasteiger partial charge is 0.251 e. The first-order valence-electron chi connectivity index (χ1n) is 10.5. The number of amides is 2. The van der Waals surface area contributed by atoms with Gasteiger partial charge in [-0.1, -0.05) is 32.4 Å². The monoisotopic (exact) mass is 529 g/mol. The molecule has 1 fully saturated rings. The number of halogens is 1. The fourth-order valence-corrected chi connectivity index (χ4v) is 3.81. The van der Waals surface area contributed by atoms with Gasteiger partial charge in [0.2, 0.25) is 5.91 Å². The molecule has 0 heterocycles. The fraction of sp³-hybridized carbons (Fsp3) is 0.591. The van der Waals surface area contributed by atoms with Crippen LogP contribution in [-0.2, 0) is 11.3 Å². The van der Waals surface area contributed by atoms with Gasteiger partial charge >= 0.3 is 0 Å². The topological polar surface area (TPSA) is 109 Å². The van der Waals surface area contributed by atoms with Gasteiger partial charge in [-0.15, -0.1) is 24.0 Å². The Morgan fingerprint density at radius 1 is 1.13 bits per heavy atom. The minimum absolute atomic E-state index is 0. The predicted octanol–water partition coefficient (Wildman–Crippen LogP) is 2.79. The Morgan fingerprint density at radius 2 is 1.80 bits per heavy atom. The highest BCUT2D eigenvalue weighted by Crippen LogP contribution is 2.45. The summed E-state index contributed by atoms with van der Waals surface area (Å²) in [7, 11) is 0. The van der Waals surface area contributed by atoms with E-state index in [4.69, 9.17) is 10.7 Å². The molecule has 8 heteroatoms. The van der Waals surface area contributed by atoms with Crippen LogP contribution in [0.15, 0.2) is 29.3 Å². The first-order chi connectivity index (χ1) is 13.8. The molecule has 0 bridgehead atoms. The molecule has 0 aliphatic heterocycles. The van der Waals surface area contributed by atoms with Crippen molar-refractivity contribution >= 4 is 41.8 Å². The molecule has 1 aromatic carbocycles. The number of nitrogens with zero attached hydrogens (tertiary/aromatic N) is 1. The Labute approximate surface area is 197 Å². The van der Waals surface area contributed by atoms with Crippen LogP contribution in [0.4, 0.5) is 0 Å². The van der Waals surface area contributed by atoms with Gasteiger partial charge in [0.1, 0.15) is 0 Å². The summed E-state index contributed by atoms with van der Waals surface area (Å²) >= 11 is 0. The summed E-state index contributed by atoms with van der Waals surface area (Å²) in [6.07, 6.45) is 5.15. The van der Waals surface area contributed by atoms with Crippen molar-refractivity contribution in [3.05, 3.63) is 35.4 Å². The first kappa shape index (κ1) is 26.2. The Balaban J connectivity index is 0.00000450. The van der Waals surface area contributed by atoms with Gasteiger partial charge in [0.05, 0.1) is 13.1 Å². The van der Waals surface area contributed by atoms with Crippen LogP contribution in [0.3, 0.4) is 0 Å². The zero-order valence-corrected chi connectivity index (χ0v) is 20.6. The van der Waals surface area contributed by atoms with Gasteiger partial charge in [-0.3, -0.25) is 9.59 Å². The molecule has 7 nitrogen and oxygen atoms in total. The average Bonchev–Trinajstić information content (AvgIpc) is 2.66. The van der Waals surface area contributed by atoms with Crippen LogP contribution in [0.5, 0.6) is 0 Å². The van der Waals surface area contributed by atoms with Crippen LogP contribution in [0.25, 0.3) is 0 Å². The maximum atomic E-state index is 11.9. The van der Waals surface area contributed by atoms with Crippen molar-refractivity contribution in [2.45, 2.75) is 53.0 Å². The molecule has 2 amide bonds. The number of guanidine groups is 1. The molecule has 1 aliphatic carbocycles. The molecule has 2 rings (SSSR count). The minimum Gasteiger partial charge on any atom is -0.368 e. The number of carbonyl (C=O) groups is 2. The number of carbonyl (C=O) groups excluding carboxylic acids is 2. The lowest BCUT2D eigenvalue weighted by atomic mass is 9.64. The van der Waals surface area contributed by atoms with Crippen LogP contribution >= 0.6 is 24.0 Å². The summed E-state index contributed by atoms with van der Waals surface area (Å²) in [5.74, 6) is 0.649. The van der Waals surface area contributed by atoms with Crippen molar-refractivity contribution in [1.82, 2.24) is 16.0 Å². The Bertz CT molecular complexity index is 715. The zero-order valence-electron chi connectivity index (χ0n) is 18.3. The number of aliphatic imine (C=N–C) groups is 1. The summed E-state index contributed by atoms with van der Waals surface area (Å²) in [5.41, 5.74) is 6.95. The molecule has 168 valence electrons. The molecule has 1 aromatic rings. The lowest BCUT2D eigenvalue weighted by Crippen LogP contribution is -2.47. The van der Waals surface area contributed by atoms with Crippen LogP contribution in [0.1, 0.15) is 62.4 Å². The molecule has 0 radical (unpaired) electrons. The second-order valence-electron chi connectivity index (χ2n) is 8.35. The van der Waals surface area contributed by atoms with E-state index in [0.29, 0.717) is 23.4 Å². The third-order valence-electron chi connectivity index (χ3n) is 5.29. The van der Waals surface area contributed by atoms with Crippen molar-refractivity contribution < 1.29 is 9.59 Å². The maximum absolute atomic E-state index is 11.9. The highest BCUT2D eigenvalue weighted by atomic mass is 127. The van der Waals surface area contributed by atoms with E-state index in [9.17, 15) is 9.59 Å². The summed E-state index contributed by atoms with van der Waals surface area (Å²) in [5, 5.41) is 9.32. The standard InChI is InChI=1S/C22H35N5O2.HI/c1-4-24-21(27-15-22(10-5-11-22)12-16(2)3)26-13-17-6-8-18(9-7-17)20(29)25-14-19(23)28;/h6-9,16H,4-5,10-15H2,1-3H3,(H2,23,28)(H,25,29)(H2,24,26,27);1H. The molecule has 0 unspecified atom stereocenters. The van der Waals surface area contributed by atoms with Crippen molar-refractivity contribution in [2.24, 2.45) is 22.1 Å². The second-order valence-corrected chi connectivity index (χ2v) is 8.35. The highest BCUT2D eigenvalue weighted by Gasteiger charge is 2.37. The van der Waals surface area contributed by atoms with E-state index in [1.165, 1.54) is 25.7 Å². The van der Waals surface area contributed by atoms with Gasteiger partial charge in [0, 0.05) is 18.7 Å². The number of nitrogens with two attached hydrogens (primary N) is 1. The van der Waals surface area contributed by atoms with E-state index >= 15 is 0 Å². The van der Waals surface area contributed by atoms with Crippen molar-refractivity contribution in [3.63, 3.8) is 0 Å². The molecule has 0 saturated heterocycles. The Kier molecular flexibility index (Phi) is 11.1. The second kappa shape index (κ2) is 12.8. The van der Waals surface area contributed by atoms with E-state index < -0.39 is 5.91 Å². The largest absolute Gasteiger partial charge is 0.368 e. The molecule has 0 spiro atoms. The molecular weight excluding hydrogens is 493 g/mol. The van der Waals surface area contributed by atoms with Gasteiger partial charge in [-0.05, 0) is 55.2 Å². The lowest BCUT2D eigenvalue weighted by Gasteiger charge is -2.43. The first-order valence-corrected chi connectivity index (χ1v) is 10.5.